The Morgan fingerprint density at radius 2 is 2.03 bits per heavy atom. The Morgan fingerprint density at radius 1 is 1.23 bits per heavy atom. The van der Waals surface area contributed by atoms with Crippen LogP contribution in [-0.2, 0) is 11.2 Å². The molecular weight excluding hydrogens is 388 g/mol. The van der Waals surface area contributed by atoms with Crippen molar-refractivity contribution in [3.05, 3.63) is 59.7 Å². The molecule has 2 aliphatic rings. The summed E-state index contributed by atoms with van der Waals surface area (Å²) in [6.07, 6.45) is 2.41. The molecule has 2 aromatic rings. The molecule has 7 heteroatoms. The second-order valence-electron chi connectivity index (χ2n) is 7.88. The molecule has 5 nitrogen and oxygen atoms in total. The van der Waals surface area contributed by atoms with Crippen molar-refractivity contribution in [1.29, 1.82) is 0 Å². The van der Waals surface area contributed by atoms with E-state index >= 15 is 0 Å². The second kappa shape index (κ2) is 9.10. The van der Waals surface area contributed by atoms with Crippen LogP contribution < -0.4 is 20.3 Å². The molecule has 2 heterocycles. The molecule has 1 amide bonds. The molecule has 0 aliphatic carbocycles. The molecule has 4 rings (SSSR count). The van der Waals surface area contributed by atoms with Gasteiger partial charge in [-0.25, -0.2) is 0 Å². The Hall–Kier alpha value is -2.51. The number of piperidine rings is 1. The van der Waals surface area contributed by atoms with Crippen LogP contribution in [-0.4, -0.2) is 38.7 Å². The van der Waals surface area contributed by atoms with Crippen LogP contribution in [0.3, 0.4) is 0 Å². The smallest absolute Gasteiger partial charge is 0.321 e. The quantitative estimate of drug-likeness (QED) is 0.709. The van der Waals surface area contributed by atoms with E-state index in [4.69, 9.17) is 4.74 Å². The highest BCUT2D eigenvalue weighted by atomic mass is 19.3. The van der Waals surface area contributed by atoms with Crippen LogP contribution in [0.2, 0.25) is 0 Å². The summed E-state index contributed by atoms with van der Waals surface area (Å²) in [4.78, 5) is 13.5. The third-order valence-electron chi connectivity index (χ3n) is 6.04. The van der Waals surface area contributed by atoms with Crippen LogP contribution in [0.25, 0.3) is 0 Å². The average Bonchev–Trinajstić information content (AvgIpc) is 2.78. The molecule has 160 valence electrons. The number of amides is 1. The van der Waals surface area contributed by atoms with Crippen molar-refractivity contribution in [1.82, 2.24) is 10.6 Å². The van der Waals surface area contributed by atoms with E-state index in [0.717, 1.165) is 19.4 Å². The van der Waals surface area contributed by atoms with Crippen LogP contribution in [0, 0.1) is 5.92 Å². The number of nitrogens with zero attached hydrogens (tertiary/aromatic N) is 1. The Kier molecular flexibility index (Phi) is 6.29. The molecule has 2 aromatic carbocycles. The molecule has 0 saturated carbocycles. The standard InChI is InChI=1S/C23H27F2N3O2/c1-30-18-9-10-20-16(13-18)12-17(22(29)28(20)23(24)25)14-27-19-8-5-11-26-21(19)15-6-3-2-4-7-15/h2-4,6-7,9-10,13,17,19,21,23,26-27H,5,8,11-12,14H2,1H3/t17?,19-,21-/m0/s1. The lowest BCUT2D eigenvalue weighted by Gasteiger charge is -2.37. The van der Waals surface area contributed by atoms with Gasteiger partial charge in [0.25, 0.3) is 0 Å². The predicted octanol–water partition coefficient (Wildman–Crippen LogP) is 3.51. The molecule has 0 radical (unpaired) electrons. The fourth-order valence-corrected chi connectivity index (χ4v) is 4.53. The zero-order valence-electron chi connectivity index (χ0n) is 17.0. The van der Waals surface area contributed by atoms with Gasteiger partial charge in [-0.05, 0) is 55.1 Å². The summed E-state index contributed by atoms with van der Waals surface area (Å²) >= 11 is 0. The third-order valence-corrected chi connectivity index (χ3v) is 6.04. The maximum absolute atomic E-state index is 13.7. The zero-order valence-corrected chi connectivity index (χ0v) is 17.0. The number of fused-ring (bicyclic) bond motifs is 1. The van der Waals surface area contributed by atoms with E-state index in [9.17, 15) is 13.6 Å². The molecule has 1 saturated heterocycles. The molecule has 2 N–H and O–H groups in total. The number of carbonyl (C=O) groups excluding carboxylic acids is 1. The molecule has 0 spiro atoms. The molecule has 1 fully saturated rings. The number of carbonyl (C=O) groups is 1. The van der Waals surface area contributed by atoms with Gasteiger partial charge in [0.15, 0.2) is 0 Å². The number of rotatable bonds is 6. The number of hydrogen-bond donors (Lipinski definition) is 2. The minimum atomic E-state index is -2.87. The van der Waals surface area contributed by atoms with E-state index in [1.807, 2.05) is 18.2 Å². The first-order valence-electron chi connectivity index (χ1n) is 10.4. The van der Waals surface area contributed by atoms with E-state index in [1.165, 1.54) is 5.56 Å². The summed E-state index contributed by atoms with van der Waals surface area (Å²) in [6, 6.07) is 15.4. The van der Waals surface area contributed by atoms with Gasteiger partial charge in [0, 0.05) is 18.6 Å². The summed E-state index contributed by atoms with van der Waals surface area (Å²) < 4.78 is 32.7. The van der Waals surface area contributed by atoms with Gasteiger partial charge < -0.3 is 15.4 Å². The topological polar surface area (TPSA) is 53.6 Å². The van der Waals surface area contributed by atoms with Crippen LogP contribution in [0.1, 0.15) is 30.0 Å². The largest absolute Gasteiger partial charge is 0.497 e. The van der Waals surface area contributed by atoms with E-state index in [0.29, 0.717) is 29.2 Å². The number of anilines is 1. The van der Waals surface area contributed by atoms with E-state index in [1.54, 1.807) is 25.3 Å². The van der Waals surface area contributed by atoms with Crippen molar-refractivity contribution in [3.8, 4) is 5.75 Å². The minimum Gasteiger partial charge on any atom is -0.497 e. The molecule has 2 aliphatic heterocycles. The number of alkyl halides is 2. The summed E-state index contributed by atoms with van der Waals surface area (Å²) in [5, 5.41) is 7.05. The lowest BCUT2D eigenvalue weighted by atomic mass is 9.89. The van der Waals surface area contributed by atoms with Gasteiger partial charge in [0.2, 0.25) is 5.91 Å². The summed E-state index contributed by atoms with van der Waals surface area (Å²) in [5.74, 6) is -0.475. The van der Waals surface area contributed by atoms with E-state index in [-0.39, 0.29) is 17.8 Å². The van der Waals surface area contributed by atoms with Crippen molar-refractivity contribution in [2.45, 2.75) is 37.9 Å². The highest BCUT2D eigenvalue weighted by molar-refractivity contribution is 5.98. The first-order valence-corrected chi connectivity index (χ1v) is 10.4. The van der Waals surface area contributed by atoms with Gasteiger partial charge in [-0.1, -0.05) is 30.3 Å². The van der Waals surface area contributed by atoms with Gasteiger partial charge in [-0.2, -0.15) is 8.78 Å². The fraction of sp³-hybridized carbons (Fsp3) is 0.435. The van der Waals surface area contributed by atoms with Crippen LogP contribution >= 0.6 is 0 Å². The highest BCUT2D eigenvalue weighted by Crippen LogP contribution is 2.35. The van der Waals surface area contributed by atoms with Gasteiger partial charge >= 0.3 is 6.55 Å². The van der Waals surface area contributed by atoms with Gasteiger partial charge in [-0.3, -0.25) is 9.69 Å². The fourth-order valence-electron chi connectivity index (χ4n) is 4.53. The minimum absolute atomic E-state index is 0.136. The first kappa shape index (κ1) is 20.8. The van der Waals surface area contributed by atoms with Gasteiger partial charge in [0.1, 0.15) is 5.75 Å². The van der Waals surface area contributed by atoms with Crippen molar-refractivity contribution < 1.29 is 18.3 Å². The number of ether oxygens (including phenoxy) is 1. The molecular formula is C23H27F2N3O2. The monoisotopic (exact) mass is 415 g/mol. The first-order chi connectivity index (χ1) is 14.6. The van der Waals surface area contributed by atoms with Crippen molar-refractivity contribution in [3.63, 3.8) is 0 Å². The maximum atomic E-state index is 13.7. The van der Waals surface area contributed by atoms with Gasteiger partial charge in [0.05, 0.1) is 18.7 Å². The van der Waals surface area contributed by atoms with Gasteiger partial charge in [-0.15, -0.1) is 0 Å². The zero-order chi connectivity index (χ0) is 21.1. The Morgan fingerprint density at radius 3 is 2.77 bits per heavy atom. The number of hydrogen-bond acceptors (Lipinski definition) is 4. The number of methoxy groups -OCH3 is 1. The van der Waals surface area contributed by atoms with Crippen LogP contribution in [0.4, 0.5) is 14.5 Å². The molecule has 1 unspecified atom stereocenters. The number of benzene rings is 2. The normalized spacial score (nSPS) is 24.1. The van der Waals surface area contributed by atoms with Crippen LogP contribution in [0.15, 0.2) is 48.5 Å². The third kappa shape index (κ3) is 4.18. The molecule has 3 atom stereocenters. The van der Waals surface area contributed by atoms with E-state index in [2.05, 4.69) is 22.8 Å². The second-order valence-corrected chi connectivity index (χ2v) is 7.88. The highest BCUT2D eigenvalue weighted by Gasteiger charge is 2.38. The summed E-state index contributed by atoms with van der Waals surface area (Å²) in [5.41, 5.74) is 2.17. The Labute approximate surface area is 175 Å². The molecule has 30 heavy (non-hydrogen) atoms. The molecule has 0 bridgehead atoms. The SMILES string of the molecule is COc1ccc2c(c1)CC(CN[C@H]1CCCN[C@H]1c1ccccc1)C(=O)N2C(F)F. The van der Waals surface area contributed by atoms with Crippen molar-refractivity contribution in [2.75, 3.05) is 25.1 Å². The lowest BCUT2D eigenvalue weighted by molar-refractivity contribution is -0.125. The summed E-state index contributed by atoms with van der Waals surface area (Å²) in [7, 11) is 1.54. The number of halogens is 2. The van der Waals surface area contributed by atoms with Crippen molar-refractivity contribution in [2.24, 2.45) is 5.92 Å². The molecule has 0 aromatic heterocycles. The maximum Gasteiger partial charge on any atom is 0.321 e. The number of nitrogens with one attached hydrogen (secondary N) is 2. The Balaban J connectivity index is 1.51. The predicted molar refractivity (Wildman–Crippen MR) is 112 cm³/mol. The van der Waals surface area contributed by atoms with Crippen LogP contribution in [0.5, 0.6) is 5.75 Å². The summed E-state index contributed by atoms with van der Waals surface area (Å²) in [6.45, 7) is -1.58. The van der Waals surface area contributed by atoms with Crippen molar-refractivity contribution >= 4 is 11.6 Å². The van der Waals surface area contributed by atoms with E-state index < -0.39 is 18.4 Å². The lowest BCUT2D eigenvalue weighted by Crippen LogP contribution is -2.51. The Bertz CT molecular complexity index is 878. The average molecular weight is 415 g/mol.